The van der Waals surface area contributed by atoms with Crippen LogP contribution in [0, 0.1) is 5.82 Å². The number of aromatic nitrogens is 2. The largest absolute Gasteiger partial charge is 0.493 e. The highest BCUT2D eigenvalue weighted by molar-refractivity contribution is 6.36. The number of amides is 2. The summed E-state index contributed by atoms with van der Waals surface area (Å²) in [5.74, 6) is 0.502. The predicted molar refractivity (Wildman–Crippen MR) is 117 cm³/mol. The zero-order valence-corrected chi connectivity index (χ0v) is 17.8. The Bertz CT molecular complexity index is 1050. The summed E-state index contributed by atoms with van der Waals surface area (Å²) >= 11 is 12.1. The number of nitrogens with zero attached hydrogens (tertiary/aromatic N) is 2. The highest BCUT2D eigenvalue weighted by Gasteiger charge is 2.11. The third kappa shape index (κ3) is 6.27. The van der Waals surface area contributed by atoms with E-state index in [1.165, 1.54) is 24.5 Å². The van der Waals surface area contributed by atoms with Gasteiger partial charge in [0.15, 0.2) is 5.82 Å². The summed E-state index contributed by atoms with van der Waals surface area (Å²) in [5.41, 5.74) is 1.62. The number of ether oxygens (including phenoxy) is 1. The van der Waals surface area contributed by atoms with Crippen molar-refractivity contribution in [2.24, 2.45) is 0 Å². The van der Waals surface area contributed by atoms with E-state index in [1.807, 2.05) is 6.07 Å². The standard InChI is InChI=1S/C21H19Cl2FN4O3/c22-17-4-5-18(24)19(23)16(17)6-9-31-15-3-1-2-13(10-15)20-26-11-14(12-27-20)28-21(30)25-7-8-29/h1-5,10-12,29H,6-9H2,(H2,25,28,30). The van der Waals surface area contributed by atoms with Gasteiger partial charge in [-0.1, -0.05) is 35.3 Å². The minimum absolute atomic E-state index is 0.00278. The molecule has 0 aliphatic heterocycles. The highest BCUT2D eigenvalue weighted by Crippen LogP contribution is 2.28. The number of hydrogen-bond acceptors (Lipinski definition) is 5. The maximum atomic E-state index is 13.6. The minimum Gasteiger partial charge on any atom is -0.493 e. The maximum absolute atomic E-state index is 13.6. The fraction of sp³-hybridized carbons (Fsp3) is 0.190. The molecule has 0 spiro atoms. The van der Waals surface area contributed by atoms with Gasteiger partial charge in [-0.25, -0.2) is 19.2 Å². The van der Waals surface area contributed by atoms with Crippen LogP contribution in [0.1, 0.15) is 5.56 Å². The summed E-state index contributed by atoms with van der Waals surface area (Å²) < 4.78 is 19.4. The molecule has 0 saturated carbocycles. The van der Waals surface area contributed by atoms with E-state index in [-0.39, 0.29) is 24.8 Å². The van der Waals surface area contributed by atoms with E-state index in [0.29, 0.717) is 34.3 Å². The van der Waals surface area contributed by atoms with Gasteiger partial charge in [0.2, 0.25) is 0 Å². The van der Waals surface area contributed by atoms with Gasteiger partial charge in [0.05, 0.1) is 36.3 Å². The Hall–Kier alpha value is -2.94. The van der Waals surface area contributed by atoms with E-state index in [4.69, 9.17) is 33.0 Å². The van der Waals surface area contributed by atoms with Crippen LogP contribution < -0.4 is 15.4 Å². The van der Waals surface area contributed by atoms with Crippen LogP contribution in [0.4, 0.5) is 14.9 Å². The first-order valence-corrected chi connectivity index (χ1v) is 10.1. The SMILES string of the molecule is O=C(NCCO)Nc1cnc(-c2cccc(OCCc3c(Cl)ccc(F)c3Cl)c2)nc1. The molecule has 31 heavy (non-hydrogen) atoms. The summed E-state index contributed by atoms with van der Waals surface area (Å²) in [4.78, 5) is 20.1. The summed E-state index contributed by atoms with van der Waals surface area (Å²) in [7, 11) is 0. The lowest BCUT2D eigenvalue weighted by Crippen LogP contribution is -2.31. The summed E-state index contributed by atoms with van der Waals surface area (Å²) in [6.07, 6.45) is 3.29. The van der Waals surface area contributed by atoms with Crippen molar-refractivity contribution in [1.29, 1.82) is 0 Å². The average Bonchev–Trinajstić information content (AvgIpc) is 2.78. The highest BCUT2D eigenvalue weighted by atomic mass is 35.5. The first-order valence-electron chi connectivity index (χ1n) is 9.31. The molecule has 10 heteroatoms. The molecule has 2 aromatic carbocycles. The van der Waals surface area contributed by atoms with Gasteiger partial charge in [-0.3, -0.25) is 0 Å². The molecule has 3 rings (SSSR count). The average molecular weight is 465 g/mol. The fourth-order valence-electron chi connectivity index (χ4n) is 2.68. The quantitative estimate of drug-likeness (QED) is 0.431. The topological polar surface area (TPSA) is 96.4 Å². The van der Waals surface area contributed by atoms with E-state index >= 15 is 0 Å². The zero-order valence-electron chi connectivity index (χ0n) is 16.2. The molecule has 0 unspecified atom stereocenters. The number of aliphatic hydroxyl groups is 1. The Morgan fingerprint density at radius 2 is 1.94 bits per heavy atom. The number of halogens is 3. The van der Waals surface area contributed by atoms with Crippen LogP contribution in [-0.2, 0) is 6.42 Å². The molecule has 3 N–H and O–H groups in total. The lowest BCUT2D eigenvalue weighted by Gasteiger charge is -2.10. The van der Waals surface area contributed by atoms with Crippen LogP contribution in [0.5, 0.6) is 5.75 Å². The number of aliphatic hydroxyl groups excluding tert-OH is 1. The maximum Gasteiger partial charge on any atom is 0.319 e. The Kier molecular flexibility index (Phi) is 8.00. The number of carbonyl (C=O) groups excluding carboxylic acids is 1. The zero-order chi connectivity index (χ0) is 22.2. The second-order valence-electron chi connectivity index (χ2n) is 6.35. The van der Waals surface area contributed by atoms with Gasteiger partial charge in [-0.2, -0.15) is 0 Å². The van der Waals surface area contributed by atoms with Gasteiger partial charge >= 0.3 is 6.03 Å². The number of benzene rings is 2. The molecule has 0 bridgehead atoms. The Labute approximate surface area is 188 Å². The Morgan fingerprint density at radius 1 is 1.16 bits per heavy atom. The number of urea groups is 1. The molecule has 0 saturated heterocycles. The molecule has 0 radical (unpaired) electrons. The molecule has 1 aromatic heterocycles. The van der Waals surface area contributed by atoms with Gasteiger partial charge in [-0.15, -0.1) is 0 Å². The van der Waals surface area contributed by atoms with Crippen LogP contribution in [0.3, 0.4) is 0 Å². The Balaban J connectivity index is 1.61. The van der Waals surface area contributed by atoms with E-state index in [9.17, 15) is 9.18 Å². The fourth-order valence-corrected chi connectivity index (χ4v) is 3.24. The molecule has 3 aromatic rings. The van der Waals surface area contributed by atoms with E-state index in [2.05, 4.69) is 20.6 Å². The van der Waals surface area contributed by atoms with Crippen LogP contribution in [0.25, 0.3) is 11.4 Å². The third-order valence-corrected chi connectivity index (χ3v) is 4.92. The lowest BCUT2D eigenvalue weighted by atomic mass is 10.1. The van der Waals surface area contributed by atoms with E-state index in [1.54, 1.807) is 18.2 Å². The third-order valence-electron chi connectivity index (χ3n) is 4.16. The predicted octanol–water partition coefficient (Wildman–Crippen LogP) is 4.32. The number of carbonyl (C=O) groups is 1. The molecule has 0 fully saturated rings. The van der Waals surface area contributed by atoms with Crippen molar-refractivity contribution in [3.63, 3.8) is 0 Å². The van der Waals surface area contributed by atoms with Gasteiger partial charge < -0.3 is 20.5 Å². The van der Waals surface area contributed by atoms with Gasteiger partial charge in [-0.05, 0) is 29.8 Å². The van der Waals surface area contributed by atoms with Crippen molar-refractivity contribution >= 4 is 34.9 Å². The molecular weight excluding hydrogens is 446 g/mol. The molecule has 0 aliphatic carbocycles. The smallest absolute Gasteiger partial charge is 0.319 e. The van der Waals surface area contributed by atoms with Crippen molar-refractivity contribution in [3.8, 4) is 17.1 Å². The normalized spacial score (nSPS) is 10.6. The number of rotatable bonds is 8. The molecule has 0 atom stereocenters. The van der Waals surface area contributed by atoms with Crippen LogP contribution in [0.15, 0.2) is 48.8 Å². The monoisotopic (exact) mass is 464 g/mol. The summed E-state index contributed by atoms with van der Waals surface area (Å²) in [6.45, 7) is 0.248. The first-order chi connectivity index (χ1) is 15.0. The molecule has 2 amide bonds. The number of nitrogens with one attached hydrogen (secondary N) is 2. The molecule has 162 valence electrons. The summed E-state index contributed by atoms with van der Waals surface area (Å²) in [6, 6.07) is 9.39. The minimum atomic E-state index is -0.524. The second kappa shape index (κ2) is 10.9. The van der Waals surface area contributed by atoms with Crippen molar-refractivity contribution in [2.45, 2.75) is 6.42 Å². The van der Waals surface area contributed by atoms with Crippen molar-refractivity contribution in [2.75, 3.05) is 25.1 Å². The second-order valence-corrected chi connectivity index (χ2v) is 7.13. The van der Waals surface area contributed by atoms with Crippen molar-refractivity contribution < 1.29 is 19.0 Å². The van der Waals surface area contributed by atoms with Gasteiger partial charge in [0.25, 0.3) is 0 Å². The van der Waals surface area contributed by atoms with Crippen LogP contribution in [0.2, 0.25) is 10.0 Å². The first kappa shape index (κ1) is 22.7. The molecule has 0 aliphatic rings. The molecule has 7 nitrogen and oxygen atoms in total. The number of hydrogen-bond donors (Lipinski definition) is 3. The Morgan fingerprint density at radius 3 is 2.68 bits per heavy atom. The van der Waals surface area contributed by atoms with Crippen molar-refractivity contribution in [1.82, 2.24) is 15.3 Å². The van der Waals surface area contributed by atoms with Crippen LogP contribution >= 0.6 is 23.2 Å². The lowest BCUT2D eigenvalue weighted by molar-refractivity contribution is 0.245. The van der Waals surface area contributed by atoms with Crippen molar-refractivity contribution in [3.05, 3.63) is 70.2 Å². The van der Waals surface area contributed by atoms with Gasteiger partial charge in [0, 0.05) is 23.6 Å². The molecule has 1 heterocycles. The summed E-state index contributed by atoms with van der Waals surface area (Å²) in [5, 5.41) is 14.1. The number of anilines is 1. The molecular formula is C21H19Cl2FN4O3. The van der Waals surface area contributed by atoms with Gasteiger partial charge in [0.1, 0.15) is 11.6 Å². The van der Waals surface area contributed by atoms with E-state index < -0.39 is 11.8 Å². The van der Waals surface area contributed by atoms with Crippen LogP contribution in [-0.4, -0.2) is 40.9 Å². The van der Waals surface area contributed by atoms with E-state index in [0.717, 1.165) is 5.56 Å².